The Morgan fingerprint density at radius 1 is 1.29 bits per heavy atom. The first kappa shape index (κ1) is 15.5. The van der Waals surface area contributed by atoms with E-state index >= 15 is 0 Å². The van der Waals surface area contributed by atoms with Gasteiger partial charge in [0.15, 0.2) is 0 Å². The number of nitrogens with zero attached hydrogens (tertiary/aromatic N) is 1. The van der Waals surface area contributed by atoms with Crippen LogP contribution in [0.1, 0.15) is 29.1 Å². The maximum absolute atomic E-state index is 10.6. The van der Waals surface area contributed by atoms with E-state index in [1.807, 2.05) is 29.6 Å². The average Bonchev–Trinajstić information content (AvgIpc) is 2.87. The molecule has 21 heavy (non-hydrogen) atoms. The lowest BCUT2D eigenvalue weighted by Crippen LogP contribution is -2.01. The van der Waals surface area contributed by atoms with E-state index in [4.69, 9.17) is 9.84 Å². The molecule has 0 atom stereocenters. The van der Waals surface area contributed by atoms with Gasteiger partial charge in [0.05, 0.1) is 23.7 Å². The molecule has 0 unspecified atom stereocenters. The average molecular weight is 305 g/mol. The molecule has 1 aromatic heterocycles. The number of aryl methyl sites for hydroxylation is 2. The lowest BCUT2D eigenvalue weighted by molar-refractivity contribution is -0.136. The molecule has 2 rings (SSSR count). The summed E-state index contributed by atoms with van der Waals surface area (Å²) in [5.41, 5.74) is 1.88. The summed E-state index contributed by atoms with van der Waals surface area (Å²) in [6, 6.07) is 8.03. The summed E-state index contributed by atoms with van der Waals surface area (Å²) in [7, 11) is 0. The maximum Gasteiger partial charge on any atom is 0.309 e. The van der Waals surface area contributed by atoms with Gasteiger partial charge in [-0.3, -0.25) is 4.79 Å². The molecule has 0 radical (unpaired) electrons. The second kappa shape index (κ2) is 7.78. The monoisotopic (exact) mass is 305 g/mol. The predicted octanol–water partition coefficient (Wildman–Crippen LogP) is 3.48. The van der Waals surface area contributed by atoms with Crippen molar-refractivity contribution in [2.75, 3.05) is 6.61 Å². The van der Waals surface area contributed by atoms with E-state index in [9.17, 15) is 4.79 Å². The fourth-order valence-electron chi connectivity index (χ4n) is 1.90. The van der Waals surface area contributed by atoms with E-state index in [2.05, 4.69) is 11.9 Å². The number of aliphatic carboxylic acids is 1. The van der Waals surface area contributed by atoms with Crippen molar-refractivity contribution in [1.82, 2.24) is 4.98 Å². The second-order valence-corrected chi connectivity index (χ2v) is 5.86. The molecule has 0 aliphatic rings. The SMILES string of the molecule is Cc1ccc(OCCCCc2nc(CC(=O)O)cs2)cc1. The van der Waals surface area contributed by atoms with Crippen LogP contribution in [0.2, 0.25) is 0 Å². The van der Waals surface area contributed by atoms with Gasteiger partial charge < -0.3 is 9.84 Å². The highest BCUT2D eigenvalue weighted by molar-refractivity contribution is 7.09. The highest BCUT2D eigenvalue weighted by Gasteiger charge is 2.05. The van der Waals surface area contributed by atoms with Gasteiger partial charge in [-0.25, -0.2) is 4.98 Å². The molecule has 1 aromatic carbocycles. The molecule has 0 bridgehead atoms. The topological polar surface area (TPSA) is 59.4 Å². The van der Waals surface area contributed by atoms with Crippen LogP contribution in [-0.2, 0) is 17.6 Å². The third kappa shape index (κ3) is 5.55. The van der Waals surface area contributed by atoms with Crippen LogP contribution in [0.4, 0.5) is 0 Å². The molecule has 0 spiro atoms. The van der Waals surface area contributed by atoms with Crippen LogP contribution in [-0.4, -0.2) is 22.7 Å². The van der Waals surface area contributed by atoms with E-state index in [0.29, 0.717) is 12.3 Å². The van der Waals surface area contributed by atoms with Crippen molar-refractivity contribution >= 4 is 17.3 Å². The van der Waals surface area contributed by atoms with Gasteiger partial charge in [0.1, 0.15) is 5.75 Å². The van der Waals surface area contributed by atoms with Gasteiger partial charge in [-0.2, -0.15) is 0 Å². The van der Waals surface area contributed by atoms with Gasteiger partial charge in [0.2, 0.25) is 0 Å². The summed E-state index contributed by atoms with van der Waals surface area (Å²) in [4.78, 5) is 14.9. The molecule has 2 aromatic rings. The van der Waals surface area contributed by atoms with Crippen molar-refractivity contribution in [3.63, 3.8) is 0 Å². The van der Waals surface area contributed by atoms with Crippen LogP contribution in [0.15, 0.2) is 29.6 Å². The zero-order chi connectivity index (χ0) is 15.1. The quantitative estimate of drug-likeness (QED) is 0.759. The molecular formula is C16H19NO3S. The van der Waals surface area contributed by atoms with Gasteiger partial charge in [-0.15, -0.1) is 11.3 Å². The molecule has 4 nitrogen and oxygen atoms in total. The zero-order valence-corrected chi connectivity index (χ0v) is 12.9. The minimum absolute atomic E-state index is 0.00698. The first-order valence-electron chi connectivity index (χ1n) is 6.98. The lowest BCUT2D eigenvalue weighted by atomic mass is 10.2. The van der Waals surface area contributed by atoms with E-state index in [-0.39, 0.29) is 6.42 Å². The first-order chi connectivity index (χ1) is 10.1. The molecule has 5 heteroatoms. The Bertz CT molecular complexity index is 577. The first-order valence-corrected chi connectivity index (χ1v) is 7.86. The number of ether oxygens (including phenoxy) is 1. The van der Waals surface area contributed by atoms with Crippen LogP contribution < -0.4 is 4.74 Å². The molecule has 0 saturated heterocycles. The van der Waals surface area contributed by atoms with E-state index in [1.54, 1.807) is 0 Å². The van der Waals surface area contributed by atoms with Crippen molar-refractivity contribution in [2.24, 2.45) is 0 Å². The predicted molar refractivity (Wildman–Crippen MR) is 83.1 cm³/mol. The summed E-state index contributed by atoms with van der Waals surface area (Å²) >= 11 is 1.53. The molecule has 0 amide bonds. The molecule has 0 saturated carbocycles. The number of unbranched alkanes of at least 4 members (excludes halogenated alkanes) is 1. The van der Waals surface area contributed by atoms with Crippen LogP contribution in [0.3, 0.4) is 0 Å². The Morgan fingerprint density at radius 3 is 2.76 bits per heavy atom. The fraction of sp³-hybridized carbons (Fsp3) is 0.375. The normalized spacial score (nSPS) is 10.5. The number of carboxylic acids is 1. The summed E-state index contributed by atoms with van der Waals surface area (Å²) < 4.78 is 5.66. The zero-order valence-electron chi connectivity index (χ0n) is 12.0. The highest BCUT2D eigenvalue weighted by atomic mass is 32.1. The van der Waals surface area contributed by atoms with Gasteiger partial charge in [0.25, 0.3) is 0 Å². The van der Waals surface area contributed by atoms with Gasteiger partial charge in [-0.1, -0.05) is 17.7 Å². The van der Waals surface area contributed by atoms with Crippen LogP contribution in [0.25, 0.3) is 0 Å². The number of thiazole rings is 1. The Labute approximate surface area is 128 Å². The molecule has 112 valence electrons. The summed E-state index contributed by atoms with van der Waals surface area (Å²) in [6.07, 6.45) is 2.84. The lowest BCUT2D eigenvalue weighted by Gasteiger charge is -2.05. The van der Waals surface area contributed by atoms with Crippen molar-refractivity contribution in [3.8, 4) is 5.75 Å². The summed E-state index contributed by atoms with van der Waals surface area (Å²) in [5, 5.41) is 11.5. The van der Waals surface area contributed by atoms with Crippen LogP contribution in [0.5, 0.6) is 5.75 Å². The number of hydrogen-bond acceptors (Lipinski definition) is 4. The molecule has 0 aliphatic heterocycles. The van der Waals surface area contributed by atoms with E-state index in [0.717, 1.165) is 30.0 Å². The molecule has 0 aliphatic carbocycles. The Hall–Kier alpha value is -1.88. The highest BCUT2D eigenvalue weighted by Crippen LogP contribution is 2.15. The number of carboxylic acid groups (broad SMARTS) is 1. The van der Waals surface area contributed by atoms with Gasteiger partial charge in [0, 0.05) is 5.38 Å². The number of aromatic nitrogens is 1. The van der Waals surface area contributed by atoms with Crippen molar-refractivity contribution in [1.29, 1.82) is 0 Å². The molecular weight excluding hydrogens is 286 g/mol. The summed E-state index contributed by atoms with van der Waals surface area (Å²) in [5.74, 6) is 0.0666. The second-order valence-electron chi connectivity index (χ2n) is 4.92. The third-order valence-electron chi connectivity index (χ3n) is 3.01. The van der Waals surface area contributed by atoms with Crippen LogP contribution in [0, 0.1) is 6.92 Å². The number of rotatable bonds is 8. The van der Waals surface area contributed by atoms with Crippen molar-refractivity contribution < 1.29 is 14.6 Å². The standard InChI is InChI=1S/C16H19NO3S/c1-12-5-7-14(8-6-12)20-9-3-2-4-15-17-13(11-21-15)10-16(18)19/h5-8,11H,2-4,9-10H2,1H3,(H,18,19). The molecule has 1 heterocycles. The molecule has 0 fully saturated rings. The van der Waals surface area contributed by atoms with Gasteiger partial charge in [-0.05, 0) is 38.3 Å². The third-order valence-corrected chi connectivity index (χ3v) is 3.96. The van der Waals surface area contributed by atoms with Crippen LogP contribution >= 0.6 is 11.3 Å². The minimum atomic E-state index is -0.835. The van der Waals surface area contributed by atoms with E-state index < -0.39 is 5.97 Å². The fourth-order valence-corrected chi connectivity index (χ4v) is 2.74. The van der Waals surface area contributed by atoms with E-state index in [1.165, 1.54) is 16.9 Å². The largest absolute Gasteiger partial charge is 0.494 e. The van der Waals surface area contributed by atoms with Crippen molar-refractivity contribution in [3.05, 3.63) is 45.9 Å². The van der Waals surface area contributed by atoms with Crippen molar-refractivity contribution in [2.45, 2.75) is 32.6 Å². The number of hydrogen-bond donors (Lipinski definition) is 1. The van der Waals surface area contributed by atoms with Gasteiger partial charge >= 0.3 is 5.97 Å². The summed E-state index contributed by atoms with van der Waals surface area (Å²) in [6.45, 7) is 2.74. The minimum Gasteiger partial charge on any atom is -0.494 e. The maximum atomic E-state index is 10.6. The Kier molecular flexibility index (Phi) is 5.75. The smallest absolute Gasteiger partial charge is 0.309 e. The Morgan fingerprint density at radius 2 is 2.05 bits per heavy atom. The number of carbonyl (C=O) groups is 1. The molecule has 1 N–H and O–H groups in total. The Balaban J connectivity index is 1.64. The number of benzene rings is 1.